The van der Waals surface area contributed by atoms with Gasteiger partial charge in [-0.15, -0.1) is 23.1 Å². The fourth-order valence-corrected chi connectivity index (χ4v) is 6.18. The quantitative estimate of drug-likeness (QED) is 0.420. The molecule has 3 aromatic heterocycles. The highest BCUT2D eigenvalue weighted by molar-refractivity contribution is 7.99. The fraction of sp³-hybridized carbons (Fsp3) is 0.304. The molecule has 1 unspecified atom stereocenters. The van der Waals surface area contributed by atoms with E-state index in [9.17, 15) is 14.0 Å². The molecule has 3 heterocycles. The summed E-state index contributed by atoms with van der Waals surface area (Å²) in [4.78, 5) is 39.2. The number of halogens is 1. The van der Waals surface area contributed by atoms with Crippen molar-refractivity contribution in [3.05, 3.63) is 80.5 Å². The third-order valence-corrected chi connectivity index (χ3v) is 7.83. The van der Waals surface area contributed by atoms with Crippen LogP contribution in [0.25, 0.3) is 10.2 Å². The number of aryl methyl sites for hydroxylation is 3. The maximum atomic E-state index is 13.8. The summed E-state index contributed by atoms with van der Waals surface area (Å²) in [6, 6.07) is 5.56. The number of carbonyl (C=O) groups excluding carboxylic acids is 1. The van der Waals surface area contributed by atoms with Crippen LogP contribution in [0.3, 0.4) is 0 Å². The molecule has 1 aromatic carbocycles. The van der Waals surface area contributed by atoms with Crippen molar-refractivity contribution in [1.82, 2.24) is 24.8 Å². The SMILES string of the molecule is Cn1ccnc1C(NC(=O)CSCc1nc2sc3c(c2c(=O)[nH]1)CCC3)c1cccc(F)c1. The Morgan fingerprint density at radius 2 is 2.27 bits per heavy atom. The van der Waals surface area contributed by atoms with Gasteiger partial charge in [-0.05, 0) is 42.5 Å². The standard InChI is InChI=1S/C23H22FN5O2S2/c1-29-9-8-25-21(29)20(13-4-2-5-14(24)10-13)28-18(30)12-32-11-17-26-22(31)19-15-6-3-7-16(15)33-23(19)27-17/h2,4-5,8-10,20H,3,6-7,11-12H2,1H3,(H,28,30)(H,26,27,31). The summed E-state index contributed by atoms with van der Waals surface area (Å²) in [7, 11) is 1.83. The van der Waals surface area contributed by atoms with Crippen molar-refractivity contribution in [2.45, 2.75) is 31.1 Å². The van der Waals surface area contributed by atoms with Gasteiger partial charge in [-0.2, -0.15) is 0 Å². The number of benzene rings is 1. The molecular formula is C23H22FN5O2S2. The first-order valence-electron chi connectivity index (χ1n) is 10.6. The molecule has 1 amide bonds. The lowest BCUT2D eigenvalue weighted by Gasteiger charge is -2.19. The number of nitrogens with zero attached hydrogens (tertiary/aromatic N) is 3. The summed E-state index contributed by atoms with van der Waals surface area (Å²) in [6.07, 6.45) is 6.47. The van der Waals surface area contributed by atoms with Crippen LogP contribution in [0.4, 0.5) is 4.39 Å². The number of aromatic nitrogens is 4. The van der Waals surface area contributed by atoms with Crippen molar-refractivity contribution >= 4 is 39.2 Å². The zero-order chi connectivity index (χ0) is 22.9. The van der Waals surface area contributed by atoms with Crippen molar-refractivity contribution in [3.63, 3.8) is 0 Å². The molecule has 0 saturated heterocycles. The molecule has 0 fully saturated rings. The number of fused-ring (bicyclic) bond motifs is 3. The average molecular weight is 484 g/mol. The van der Waals surface area contributed by atoms with Gasteiger partial charge in [0.05, 0.1) is 16.9 Å². The number of H-pyrrole nitrogens is 1. The molecule has 0 spiro atoms. The summed E-state index contributed by atoms with van der Waals surface area (Å²) in [5.74, 6) is 1.17. The van der Waals surface area contributed by atoms with Crippen LogP contribution in [0.1, 0.15) is 40.1 Å². The summed E-state index contributed by atoms with van der Waals surface area (Å²) in [5.41, 5.74) is 1.67. The van der Waals surface area contributed by atoms with Crippen LogP contribution in [0.5, 0.6) is 0 Å². The second-order valence-electron chi connectivity index (χ2n) is 7.99. The molecule has 1 aliphatic rings. The highest BCUT2D eigenvalue weighted by atomic mass is 32.2. The van der Waals surface area contributed by atoms with Crippen LogP contribution in [-0.4, -0.2) is 31.2 Å². The number of aromatic amines is 1. The van der Waals surface area contributed by atoms with Crippen LogP contribution >= 0.6 is 23.1 Å². The molecule has 1 aliphatic carbocycles. The lowest BCUT2D eigenvalue weighted by atomic mass is 10.1. The second kappa shape index (κ2) is 9.11. The van der Waals surface area contributed by atoms with Crippen molar-refractivity contribution in [3.8, 4) is 0 Å². The molecule has 0 bridgehead atoms. The van der Waals surface area contributed by atoms with E-state index in [2.05, 4.69) is 20.3 Å². The molecule has 0 radical (unpaired) electrons. The number of hydrogen-bond donors (Lipinski definition) is 2. The lowest BCUT2D eigenvalue weighted by Crippen LogP contribution is -2.32. The predicted octanol–water partition coefficient (Wildman–Crippen LogP) is 3.48. The summed E-state index contributed by atoms with van der Waals surface area (Å²) >= 11 is 2.96. The molecule has 4 aromatic rings. The molecule has 7 nitrogen and oxygen atoms in total. The van der Waals surface area contributed by atoms with E-state index in [0.717, 1.165) is 35.0 Å². The fourth-order valence-electron chi connectivity index (χ4n) is 4.20. The van der Waals surface area contributed by atoms with E-state index < -0.39 is 6.04 Å². The Kier molecular flexibility index (Phi) is 6.03. The zero-order valence-electron chi connectivity index (χ0n) is 17.9. The van der Waals surface area contributed by atoms with Gasteiger partial charge >= 0.3 is 0 Å². The first-order chi connectivity index (χ1) is 16.0. The van der Waals surface area contributed by atoms with Gasteiger partial charge in [-0.3, -0.25) is 9.59 Å². The monoisotopic (exact) mass is 483 g/mol. The van der Waals surface area contributed by atoms with E-state index >= 15 is 0 Å². The number of rotatable bonds is 7. The Morgan fingerprint density at radius 1 is 1.39 bits per heavy atom. The van der Waals surface area contributed by atoms with Crippen molar-refractivity contribution in [1.29, 1.82) is 0 Å². The number of carbonyl (C=O) groups is 1. The third-order valence-electron chi connectivity index (χ3n) is 5.70. The van der Waals surface area contributed by atoms with Gasteiger partial charge in [-0.25, -0.2) is 14.4 Å². The van der Waals surface area contributed by atoms with Crippen molar-refractivity contribution < 1.29 is 9.18 Å². The van der Waals surface area contributed by atoms with E-state index in [1.165, 1.54) is 28.8 Å². The largest absolute Gasteiger partial charge is 0.341 e. The van der Waals surface area contributed by atoms with Gasteiger partial charge in [0, 0.05) is 24.3 Å². The molecule has 33 heavy (non-hydrogen) atoms. The second-order valence-corrected chi connectivity index (χ2v) is 10.1. The minimum Gasteiger partial charge on any atom is -0.341 e. The lowest BCUT2D eigenvalue weighted by molar-refractivity contribution is -0.119. The molecule has 1 atom stereocenters. The normalized spacial score (nSPS) is 13.9. The smallest absolute Gasteiger partial charge is 0.259 e. The Morgan fingerprint density at radius 3 is 3.06 bits per heavy atom. The predicted molar refractivity (Wildman–Crippen MR) is 128 cm³/mol. The maximum Gasteiger partial charge on any atom is 0.259 e. The van der Waals surface area contributed by atoms with Crippen LogP contribution in [0.2, 0.25) is 0 Å². The zero-order valence-corrected chi connectivity index (χ0v) is 19.6. The minimum absolute atomic E-state index is 0.0969. The van der Waals surface area contributed by atoms with Gasteiger partial charge in [0.2, 0.25) is 5.91 Å². The number of thiophene rings is 1. The molecule has 0 saturated carbocycles. The number of thioether (sulfide) groups is 1. The number of hydrogen-bond acceptors (Lipinski definition) is 6. The van der Waals surface area contributed by atoms with Crippen molar-refractivity contribution in [2.24, 2.45) is 7.05 Å². The van der Waals surface area contributed by atoms with E-state index in [4.69, 9.17) is 0 Å². The number of amides is 1. The van der Waals surface area contributed by atoms with Crippen LogP contribution < -0.4 is 10.9 Å². The Balaban J connectivity index is 1.26. The first kappa shape index (κ1) is 21.8. The Labute approximate surface area is 197 Å². The molecule has 0 aliphatic heterocycles. The average Bonchev–Trinajstić information content (AvgIpc) is 3.48. The number of imidazole rings is 1. The number of nitrogens with one attached hydrogen (secondary N) is 2. The van der Waals surface area contributed by atoms with Crippen molar-refractivity contribution in [2.75, 3.05) is 5.75 Å². The van der Waals surface area contributed by atoms with Crippen LogP contribution in [-0.2, 0) is 30.4 Å². The van der Waals surface area contributed by atoms with Crippen LogP contribution in [0.15, 0.2) is 41.5 Å². The van der Waals surface area contributed by atoms with Crippen LogP contribution in [0, 0.1) is 5.82 Å². The van der Waals surface area contributed by atoms with E-state index in [-0.39, 0.29) is 23.0 Å². The maximum absolute atomic E-state index is 13.8. The van der Waals surface area contributed by atoms with E-state index in [0.29, 0.717) is 23.0 Å². The van der Waals surface area contributed by atoms with Gasteiger partial charge in [0.25, 0.3) is 5.56 Å². The Bertz CT molecular complexity index is 1390. The Hall–Kier alpha value is -2.98. The third kappa shape index (κ3) is 4.45. The van der Waals surface area contributed by atoms with E-state index in [1.807, 2.05) is 7.05 Å². The molecule has 170 valence electrons. The van der Waals surface area contributed by atoms with Gasteiger partial charge in [0.15, 0.2) is 0 Å². The summed E-state index contributed by atoms with van der Waals surface area (Å²) < 4.78 is 15.6. The molecule has 10 heteroatoms. The summed E-state index contributed by atoms with van der Waals surface area (Å²) in [5, 5.41) is 3.69. The topological polar surface area (TPSA) is 92.7 Å². The minimum atomic E-state index is -0.573. The highest BCUT2D eigenvalue weighted by Crippen LogP contribution is 2.34. The van der Waals surface area contributed by atoms with Gasteiger partial charge < -0.3 is 14.9 Å². The van der Waals surface area contributed by atoms with E-state index in [1.54, 1.807) is 40.4 Å². The first-order valence-corrected chi connectivity index (χ1v) is 12.6. The molecular weight excluding hydrogens is 461 g/mol. The molecule has 5 rings (SSSR count). The van der Waals surface area contributed by atoms with Gasteiger partial charge in [-0.1, -0.05) is 12.1 Å². The summed E-state index contributed by atoms with van der Waals surface area (Å²) in [6.45, 7) is 0. The van der Waals surface area contributed by atoms with Gasteiger partial charge in [0.1, 0.15) is 28.3 Å². The molecule has 2 N–H and O–H groups in total. The highest BCUT2D eigenvalue weighted by Gasteiger charge is 2.22.